The number of morpholine rings is 1. The van der Waals surface area contributed by atoms with Gasteiger partial charge in [-0.2, -0.15) is 0 Å². The zero-order valence-corrected chi connectivity index (χ0v) is 12.7. The molecule has 0 saturated carbocycles. The minimum atomic E-state index is -0.0476. The number of nitrogens with zero attached hydrogens (tertiary/aromatic N) is 2. The van der Waals surface area contributed by atoms with E-state index in [0.717, 1.165) is 43.9 Å². The second kappa shape index (κ2) is 6.63. The Balaban J connectivity index is 2.30. The van der Waals surface area contributed by atoms with Crippen molar-refractivity contribution >= 4 is 0 Å². The van der Waals surface area contributed by atoms with E-state index >= 15 is 0 Å². The van der Waals surface area contributed by atoms with Crippen molar-refractivity contribution in [3.8, 4) is 0 Å². The summed E-state index contributed by atoms with van der Waals surface area (Å²) >= 11 is 0. The Kier molecular flexibility index (Phi) is 5.10. The Morgan fingerprint density at radius 1 is 1.45 bits per heavy atom. The largest absolute Gasteiger partial charge is 0.379 e. The Labute approximate surface area is 121 Å². The average molecular weight is 278 g/mol. The van der Waals surface area contributed by atoms with Gasteiger partial charge in [-0.25, -0.2) is 0 Å². The van der Waals surface area contributed by atoms with Gasteiger partial charge >= 0.3 is 0 Å². The molecule has 2 atom stereocenters. The van der Waals surface area contributed by atoms with Crippen LogP contribution in [0.3, 0.4) is 0 Å². The molecule has 0 radical (unpaired) electrons. The Bertz CT molecular complexity index is 434. The van der Waals surface area contributed by atoms with Gasteiger partial charge in [0.2, 0.25) is 0 Å². The number of nitrogens with one attached hydrogen (secondary N) is 1. The van der Waals surface area contributed by atoms with Gasteiger partial charge in [-0.1, -0.05) is 13.0 Å². The van der Waals surface area contributed by atoms with E-state index in [1.165, 1.54) is 0 Å². The molecule has 1 aromatic rings. The second-order valence-corrected chi connectivity index (χ2v) is 5.71. The highest BCUT2D eigenvalue weighted by atomic mass is 16.5. The summed E-state index contributed by atoms with van der Waals surface area (Å²) in [5.74, 6) is 5.89. The first-order valence-corrected chi connectivity index (χ1v) is 7.32. The van der Waals surface area contributed by atoms with Crippen molar-refractivity contribution in [2.45, 2.75) is 38.8 Å². The lowest BCUT2D eigenvalue weighted by molar-refractivity contribution is -0.0329. The number of pyridine rings is 1. The fourth-order valence-corrected chi connectivity index (χ4v) is 3.06. The first kappa shape index (κ1) is 15.4. The predicted molar refractivity (Wildman–Crippen MR) is 80.1 cm³/mol. The van der Waals surface area contributed by atoms with Gasteiger partial charge in [0.05, 0.1) is 19.3 Å². The summed E-state index contributed by atoms with van der Waals surface area (Å²) in [5.41, 5.74) is 5.26. The third-order valence-corrected chi connectivity index (χ3v) is 4.47. The van der Waals surface area contributed by atoms with E-state index in [9.17, 15) is 0 Å². The zero-order chi connectivity index (χ0) is 14.6. The number of aryl methyl sites for hydroxylation is 1. The van der Waals surface area contributed by atoms with Gasteiger partial charge in [-0.3, -0.25) is 21.2 Å². The number of hydrazine groups is 1. The lowest BCUT2D eigenvalue weighted by Crippen LogP contribution is -2.58. The maximum absolute atomic E-state index is 5.89. The molecule has 5 heteroatoms. The van der Waals surface area contributed by atoms with Crippen molar-refractivity contribution in [3.05, 3.63) is 29.6 Å². The van der Waals surface area contributed by atoms with Gasteiger partial charge in [0, 0.05) is 31.0 Å². The first-order chi connectivity index (χ1) is 9.61. The van der Waals surface area contributed by atoms with Crippen LogP contribution in [-0.2, 0) is 4.74 Å². The number of rotatable bonds is 5. The lowest BCUT2D eigenvalue weighted by Gasteiger charge is -2.47. The summed E-state index contributed by atoms with van der Waals surface area (Å²) in [5, 5.41) is 0. The van der Waals surface area contributed by atoms with Gasteiger partial charge in [0.1, 0.15) is 0 Å². The summed E-state index contributed by atoms with van der Waals surface area (Å²) in [4.78, 5) is 6.78. The molecule has 0 bridgehead atoms. The summed E-state index contributed by atoms with van der Waals surface area (Å²) in [7, 11) is 0. The molecular formula is C15H26N4O. The van der Waals surface area contributed by atoms with Crippen LogP contribution in [0, 0.1) is 6.92 Å². The van der Waals surface area contributed by atoms with Gasteiger partial charge in [-0.05, 0) is 31.4 Å². The van der Waals surface area contributed by atoms with Crippen LogP contribution in [0.4, 0.5) is 0 Å². The fourth-order valence-electron chi connectivity index (χ4n) is 3.06. The average Bonchev–Trinajstić information content (AvgIpc) is 2.48. The Hall–Kier alpha value is -1.01. The molecule has 3 N–H and O–H groups in total. The van der Waals surface area contributed by atoms with Crippen molar-refractivity contribution in [2.24, 2.45) is 5.84 Å². The first-order valence-electron chi connectivity index (χ1n) is 7.32. The highest BCUT2D eigenvalue weighted by molar-refractivity contribution is 5.24. The van der Waals surface area contributed by atoms with Crippen molar-refractivity contribution in [1.29, 1.82) is 0 Å². The van der Waals surface area contributed by atoms with Crippen LogP contribution in [0.15, 0.2) is 18.5 Å². The molecule has 0 aromatic carbocycles. The molecule has 1 aromatic heterocycles. The van der Waals surface area contributed by atoms with Crippen molar-refractivity contribution < 1.29 is 4.74 Å². The minimum Gasteiger partial charge on any atom is -0.379 e. The SMILES string of the molecule is CCC(C)(C(NN)c1cncc(C)c1)N1CCOCC1. The topological polar surface area (TPSA) is 63.4 Å². The molecule has 2 unspecified atom stereocenters. The van der Waals surface area contributed by atoms with Crippen LogP contribution in [0.2, 0.25) is 0 Å². The molecule has 2 rings (SSSR count). The molecule has 5 nitrogen and oxygen atoms in total. The molecule has 1 fully saturated rings. The molecule has 2 heterocycles. The Morgan fingerprint density at radius 3 is 2.70 bits per heavy atom. The number of hydrogen-bond donors (Lipinski definition) is 2. The molecule has 0 spiro atoms. The van der Waals surface area contributed by atoms with Crippen LogP contribution in [0.25, 0.3) is 0 Å². The third kappa shape index (κ3) is 3.01. The second-order valence-electron chi connectivity index (χ2n) is 5.71. The quantitative estimate of drug-likeness (QED) is 0.629. The summed E-state index contributed by atoms with van der Waals surface area (Å²) in [6.07, 6.45) is 4.79. The number of aromatic nitrogens is 1. The molecule has 0 aliphatic carbocycles. The molecule has 1 saturated heterocycles. The van der Waals surface area contributed by atoms with Gasteiger partial charge in [-0.15, -0.1) is 0 Å². The van der Waals surface area contributed by atoms with E-state index < -0.39 is 0 Å². The van der Waals surface area contributed by atoms with Crippen LogP contribution >= 0.6 is 0 Å². The lowest BCUT2D eigenvalue weighted by atomic mass is 9.83. The zero-order valence-electron chi connectivity index (χ0n) is 12.7. The molecule has 20 heavy (non-hydrogen) atoms. The normalized spacial score (nSPS) is 21.4. The van der Waals surface area contributed by atoms with Crippen LogP contribution < -0.4 is 11.3 Å². The third-order valence-electron chi connectivity index (χ3n) is 4.47. The van der Waals surface area contributed by atoms with E-state index in [0.29, 0.717) is 0 Å². The fraction of sp³-hybridized carbons (Fsp3) is 0.667. The van der Waals surface area contributed by atoms with E-state index in [-0.39, 0.29) is 11.6 Å². The Morgan fingerprint density at radius 2 is 2.15 bits per heavy atom. The maximum Gasteiger partial charge on any atom is 0.0656 e. The monoisotopic (exact) mass is 278 g/mol. The summed E-state index contributed by atoms with van der Waals surface area (Å²) in [6.45, 7) is 10.0. The smallest absolute Gasteiger partial charge is 0.0656 e. The van der Waals surface area contributed by atoms with E-state index in [4.69, 9.17) is 10.6 Å². The van der Waals surface area contributed by atoms with Crippen molar-refractivity contribution in [3.63, 3.8) is 0 Å². The maximum atomic E-state index is 5.89. The predicted octanol–water partition coefficient (Wildman–Crippen LogP) is 1.40. The van der Waals surface area contributed by atoms with Crippen LogP contribution in [-0.4, -0.2) is 41.7 Å². The van der Waals surface area contributed by atoms with E-state index in [1.807, 2.05) is 12.4 Å². The van der Waals surface area contributed by atoms with Gasteiger partial charge in [0.25, 0.3) is 0 Å². The van der Waals surface area contributed by atoms with Crippen LogP contribution in [0.5, 0.6) is 0 Å². The van der Waals surface area contributed by atoms with Gasteiger partial charge in [0.15, 0.2) is 0 Å². The highest BCUT2D eigenvalue weighted by Crippen LogP contribution is 2.34. The molecule has 0 amide bonds. The summed E-state index contributed by atoms with van der Waals surface area (Å²) < 4.78 is 5.47. The number of nitrogens with two attached hydrogens (primary N) is 1. The molecule has 1 aliphatic rings. The van der Waals surface area contributed by atoms with Crippen molar-refractivity contribution in [2.75, 3.05) is 26.3 Å². The van der Waals surface area contributed by atoms with Gasteiger partial charge < -0.3 is 4.74 Å². The van der Waals surface area contributed by atoms with Crippen molar-refractivity contribution in [1.82, 2.24) is 15.3 Å². The number of hydrogen-bond acceptors (Lipinski definition) is 5. The molecular weight excluding hydrogens is 252 g/mol. The van der Waals surface area contributed by atoms with E-state index in [1.54, 1.807) is 0 Å². The molecule has 1 aliphatic heterocycles. The minimum absolute atomic E-state index is 0.0476. The standard InChI is InChI=1S/C15H26N4O/c1-4-15(3,19-5-7-20-8-6-19)14(18-16)13-9-12(2)10-17-11-13/h9-11,14,18H,4-8,16H2,1-3H3. The summed E-state index contributed by atoms with van der Waals surface area (Å²) in [6, 6.07) is 2.21. The van der Waals surface area contributed by atoms with E-state index in [2.05, 4.69) is 42.1 Å². The van der Waals surface area contributed by atoms with Crippen LogP contribution in [0.1, 0.15) is 37.4 Å². The number of ether oxygens (including phenoxy) is 1. The molecule has 112 valence electrons. The highest BCUT2D eigenvalue weighted by Gasteiger charge is 2.39.